The quantitative estimate of drug-likeness (QED) is 0.673. The third kappa shape index (κ3) is 2.47. The molecule has 0 saturated carbocycles. The average Bonchev–Trinajstić information content (AvgIpc) is 2.73. The van der Waals surface area contributed by atoms with E-state index >= 15 is 0 Å². The van der Waals surface area contributed by atoms with E-state index < -0.39 is 0 Å². The number of hydrogen-bond donors (Lipinski definition) is 0. The van der Waals surface area contributed by atoms with E-state index in [2.05, 4.69) is 38.2 Å². The van der Waals surface area contributed by atoms with Gasteiger partial charge in [0.1, 0.15) is 0 Å². The number of allylic oxidation sites excluding steroid dienone is 8. The third-order valence-corrected chi connectivity index (χ3v) is 3.81. The molecule has 0 spiro atoms. The van der Waals surface area contributed by atoms with Gasteiger partial charge in [-0.15, -0.1) is 0 Å². The summed E-state index contributed by atoms with van der Waals surface area (Å²) in [4.78, 5) is 0. The molecule has 2 rings (SSSR count). The van der Waals surface area contributed by atoms with Gasteiger partial charge in [-0.05, 0) is 11.1 Å². The predicted octanol–water partition coefficient (Wildman–Crippen LogP) is 4.92. The second-order valence-corrected chi connectivity index (χ2v) is 5.39. The van der Waals surface area contributed by atoms with Crippen molar-refractivity contribution < 1.29 is 26.2 Å². The van der Waals surface area contributed by atoms with E-state index in [1.807, 2.05) is 0 Å². The van der Waals surface area contributed by atoms with Crippen molar-refractivity contribution >= 4 is 23.2 Å². The first kappa shape index (κ1) is 14.5. The molecule has 0 aromatic rings. The minimum Gasteiger partial charge on any atom is -0.0885 e. The molecule has 0 aromatic carbocycles. The van der Waals surface area contributed by atoms with Crippen LogP contribution in [0.1, 0.15) is 26.7 Å². The van der Waals surface area contributed by atoms with E-state index in [9.17, 15) is 0 Å². The first-order valence-electron chi connectivity index (χ1n) is 5.15. The van der Waals surface area contributed by atoms with E-state index in [4.69, 9.17) is 23.2 Å². The molecule has 0 saturated heterocycles. The molecule has 0 radical (unpaired) electrons. The summed E-state index contributed by atoms with van der Waals surface area (Å²) in [6.07, 6.45) is 10.2. The van der Waals surface area contributed by atoms with E-state index in [0.717, 1.165) is 22.9 Å². The van der Waals surface area contributed by atoms with Crippen LogP contribution in [-0.4, -0.2) is 0 Å². The minimum absolute atomic E-state index is 0. The number of rotatable bonds is 2. The zero-order valence-electron chi connectivity index (χ0n) is 9.48. The van der Waals surface area contributed by atoms with Gasteiger partial charge in [-0.25, -0.2) is 0 Å². The van der Waals surface area contributed by atoms with Crippen LogP contribution < -0.4 is 0 Å². The van der Waals surface area contributed by atoms with Gasteiger partial charge in [-0.1, -0.05) is 61.4 Å². The van der Waals surface area contributed by atoms with Crippen LogP contribution in [-0.2, 0) is 26.2 Å². The molecule has 0 heterocycles. The third-order valence-electron chi connectivity index (χ3n) is 3.09. The SMILES string of the molecule is CC(C)(C1=C(Cl)CC=C1)C1=C(Cl)CC=C1.[Zr]. The summed E-state index contributed by atoms with van der Waals surface area (Å²) < 4.78 is 0. The Kier molecular flexibility index (Phi) is 4.87. The van der Waals surface area contributed by atoms with Crippen molar-refractivity contribution in [2.75, 3.05) is 0 Å². The summed E-state index contributed by atoms with van der Waals surface area (Å²) in [6.45, 7) is 4.35. The Balaban J connectivity index is 0.00000128. The summed E-state index contributed by atoms with van der Waals surface area (Å²) in [5, 5.41) is 1.88. The van der Waals surface area contributed by atoms with Gasteiger partial charge in [-0.3, -0.25) is 0 Å². The summed E-state index contributed by atoms with van der Waals surface area (Å²) >= 11 is 12.4. The van der Waals surface area contributed by atoms with Crippen molar-refractivity contribution in [3.8, 4) is 0 Å². The summed E-state index contributed by atoms with van der Waals surface area (Å²) in [6, 6.07) is 0. The fraction of sp³-hybridized carbons (Fsp3) is 0.385. The van der Waals surface area contributed by atoms with Gasteiger partial charge in [0.2, 0.25) is 0 Å². The average molecular weight is 332 g/mol. The molecule has 0 aliphatic heterocycles. The predicted molar refractivity (Wildman–Crippen MR) is 67.1 cm³/mol. The Hall–Kier alpha value is 0.423. The van der Waals surface area contributed by atoms with Crippen LogP contribution in [0.2, 0.25) is 0 Å². The van der Waals surface area contributed by atoms with Crippen molar-refractivity contribution in [2.24, 2.45) is 5.41 Å². The monoisotopic (exact) mass is 330 g/mol. The Bertz CT molecular complexity index is 374. The van der Waals surface area contributed by atoms with Crippen molar-refractivity contribution in [3.05, 3.63) is 45.5 Å². The minimum atomic E-state index is -0.0752. The van der Waals surface area contributed by atoms with Gasteiger partial charge >= 0.3 is 0 Å². The molecule has 0 amide bonds. The topological polar surface area (TPSA) is 0 Å². The first-order chi connectivity index (χ1) is 7.03. The van der Waals surface area contributed by atoms with Gasteiger partial charge in [0, 0.05) is 54.5 Å². The Morgan fingerprint density at radius 2 is 1.31 bits per heavy atom. The molecular formula is C13H14Cl2Zr. The van der Waals surface area contributed by atoms with Crippen LogP contribution in [0.15, 0.2) is 45.5 Å². The molecule has 0 atom stereocenters. The maximum atomic E-state index is 6.22. The van der Waals surface area contributed by atoms with Gasteiger partial charge in [0.25, 0.3) is 0 Å². The van der Waals surface area contributed by atoms with Crippen molar-refractivity contribution in [1.29, 1.82) is 0 Å². The molecule has 0 aromatic heterocycles. The van der Waals surface area contributed by atoms with Crippen LogP contribution >= 0.6 is 23.2 Å². The summed E-state index contributed by atoms with van der Waals surface area (Å²) in [7, 11) is 0. The summed E-state index contributed by atoms with van der Waals surface area (Å²) in [5.41, 5.74) is 2.32. The van der Waals surface area contributed by atoms with Crippen LogP contribution in [0.25, 0.3) is 0 Å². The van der Waals surface area contributed by atoms with Gasteiger partial charge in [0.05, 0.1) is 0 Å². The molecule has 0 nitrogen and oxygen atoms in total. The van der Waals surface area contributed by atoms with Gasteiger partial charge < -0.3 is 0 Å². The van der Waals surface area contributed by atoms with E-state index in [0.29, 0.717) is 0 Å². The second kappa shape index (κ2) is 5.38. The Morgan fingerprint density at radius 1 is 0.938 bits per heavy atom. The van der Waals surface area contributed by atoms with Crippen molar-refractivity contribution in [1.82, 2.24) is 0 Å². The standard InChI is InChI=1S/C13H14Cl2.Zr/c1-13(2,9-5-3-7-11(9)14)10-6-4-8-12(10)15;/h3-6H,7-8H2,1-2H3;. The van der Waals surface area contributed by atoms with E-state index in [-0.39, 0.29) is 31.6 Å². The molecule has 2 aliphatic rings. The van der Waals surface area contributed by atoms with E-state index in [1.54, 1.807) is 0 Å². The zero-order chi connectivity index (χ0) is 11.1. The molecule has 2 aliphatic carbocycles. The smallest absolute Gasteiger partial charge is 0.0259 e. The second-order valence-electron chi connectivity index (χ2n) is 4.48. The largest absolute Gasteiger partial charge is 0.0885 e. The maximum absolute atomic E-state index is 6.22. The molecule has 0 unspecified atom stereocenters. The first-order valence-corrected chi connectivity index (χ1v) is 5.90. The maximum Gasteiger partial charge on any atom is 0.0259 e. The Morgan fingerprint density at radius 3 is 1.56 bits per heavy atom. The Labute approximate surface area is 126 Å². The normalized spacial score (nSPS) is 19.8. The van der Waals surface area contributed by atoms with Crippen LogP contribution in [0.5, 0.6) is 0 Å². The number of hydrogen-bond acceptors (Lipinski definition) is 0. The van der Waals surface area contributed by atoms with Gasteiger partial charge in [-0.2, -0.15) is 0 Å². The molecular weight excluding hydrogens is 318 g/mol. The van der Waals surface area contributed by atoms with Crippen LogP contribution in [0, 0.1) is 5.41 Å². The van der Waals surface area contributed by atoms with Crippen LogP contribution in [0.3, 0.4) is 0 Å². The molecule has 3 heteroatoms. The summed E-state index contributed by atoms with van der Waals surface area (Å²) in [5.74, 6) is 0. The molecule has 16 heavy (non-hydrogen) atoms. The fourth-order valence-electron chi connectivity index (χ4n) is 2.20. The van der Waals surface area contributed by atoms with Crippen molar-refractivity contribution in [3.63, 3.8) is 0 Å². The molecule has 84 valence electrons. The van der Waals surface area contributed by atoms with Crippen molar-refractivity contribution in [2.45, 2.75) is 26.7 Å². The molecule has 0 N–H and O–H groups in total. The van der Waals surface area contributed by atoms with E-state index in [1.165, 1.54) is 11.1 Å². The molecule has 0 bridgehead atoms. The number of halogens is 2. The fourth-order valence-corrected chi connectivity index (χ4v) is 2.98. The van der Waals surface area contributed by atoms with Gasteiger partial charge in [0.15, 0.2) is 0 Å². The molecule has 0 fully saturated rings. The van der Waals surface area contributed by atoms with Crippen LogP contribution in [0.4, 0.5) is 0 Å². The zero-order valence-corrected chi connectivity index (χ0v) is 13.4.